The molecular formula is C12H17NO2. The molecule has 1 aliphatic heterocycles. The van der Waals surface area contributed by atoms with Gasteiger partial charge in [0.25, 0.3) is 0 Å². The fourth-order valence-electron chi connectivity index (χ4n) is 2.11. The molecule has 1 saturated heterocycles. The number of hydrogen-bond donors (Lipinski definition) is 1. The van der Waals surface area contributed by atoms with Gasteiger partial charge >= 0.3 is 0 Å². The number of rotatable bonds is 1. The first-order valence-corrected chi connectivity index (χ1v) is 5.35. The first-order valence-electron chi connectivity index (χ1n) is 5.35. The van der Waals surface area contributed by atoms with Crippen molar-refractivity contribution >= 4 is 5.69 Å². The van der Waals surface area contributed by atoms with Crippen molar-refractivity contribution in [3.63, 3.8) is 0 Å². The third-order valence-electron chi connectivity index (χ3n) is 2.64. The number of morpholine rings is 1. The molecule has 1 aromatic carbocycles. The van der Waals surface area contributed by atoms with E-state index in [4.69, 9.17) is 4.74 Å². The monoisotopic (exact) mass is 207 g/mol. The molecule has 2 atom stereocenters. The maximum absolute atomic E-state index is 9.75. The van der Waals surface area contributed by atoms with Gasteiger partial charge < -0.3 is 14.7 Å². The van der Waals surface area contributed by atoms with Crippen molar-refractivity contribution in [2.75, 3.05) is 18.0 Å². The number of ether oxygens (including phenoxy) is 1. The normalized spacial score (nSPS) is 26.7. The zero-order valence-corrected chi connectivity index (χ0v) is 9.18. The van der Waals surface area contributed by atoms with Crippen molar-refractivity contribution in [1.29, 1.82) is 0 Å². The predicted molar refractivity (Wildman–Crippen MR) is 60.3 cm³/mol. The van der Waals surface area contributed by atoms with Crippen LogP contribution in [-0.4, -0.2) is 30.4 Å². The van der Waals surface area contributed by atoms with E-state index in [-0.39, 0.29) is 12.2 Å². The smallest absolute Gasteiger partial charge is 0.138 e. The topological polar surface area (TPSA) is 32.7 Å². The zero-order valence-electron chi connectivity index (χ0n) is 9.18. The van der Waals surface area contributed by atoms with Gasteiger partial charge in [-0.25, -0.2) is 0 Å². The minimum absolute atomic E-state index is 0.216. The summed E-state index contributed by atoms with van der Waals surface area (Å²) in [5.41, 5.74) is 0.902. The first kappa shape index (κ1) is 10.3. The summed E-state index contributed by atoms with van der Waals surface area (Å²) in [6.07, 6.45) is 0.432. The van der Waals surface area contributed by atoms with Crippen LogP contribution >= 0.6 is 0 Å². The Morgan fingerprint density at radius 2 is 1.80 bits per heavy atom. The highest BCUT2D eigenvalue weighted by molar-refractivity contribution is 5.57. The van der Waals surface area contributed by atoms with Crippen molar-refractivity contribution in [2.24, 2.45) is 0 Å². The van der Waals surface area contributed by atoms with Crippen LogP contribution in [0.1, 0.15) is 13.8 Å². The molecule has 1 fully saturated rings. The summed E-state index contributed by atoms with van der Waals surface area (Å²) in [6, 6.07) is 7.45. The van der Waals surface area contributed by atoms with Gasteiger partial charge in [0.05, 0.1) is 17.9 Å². The Morgan fingerprint density at radius 1 is 1.20 bits per heavy atom. The Bertz CT molecular complexity index is 330. The number of phenolic OH excluding ortho intramolecular Hbond substituents is 1. The summed E-state index contributed by atoms with van der Waals surface area (Å²) in [5.74, 6) is 0.346. The Hall–Kier alpha value is -1.22. The molecule has 0 aromatic heterocycles. The number of phenols is 1. The Balaban J connectivity index is 2.20. The Kier molecular flexibility index (Phi) is 2.82. The van der Waals surface area contributed by atoms with E-state index in [2.05, 4.69) is 18.7 Å². The summed E-state index contributed by atoms with van der Waals surface area (Å²) in [4.78, 5) is 2.17. The van der Waals surface area contributed by atoms with Gasteiger partial charge in [0.2, 0.25) is 0 Å². The summed E-state index contributed by atoms with van der Waals surface area (Å²) >= 11 is 0. The second kappa shape index (κ2) is 4.11. The van der Waals surface area contributed by atoms with E-state index in [0.29, 0.717) is 5.75 Å². The zero-order chi connectivity index (χ0) is 10.8. The van der Waals surface area contributed by atoms with Crippen molar-refractivity contribution in [3.05, 3.63) is 24.3 Å². The lowest BCUT2D eigenvalue weighted by Gasteiger charge is -2.37. The summed E-state index contributed by atoms with van der Waals surface area (Å²) in [6.45, 7) is 5.79. The molecule has 0 amide bonds. The van der Waals surface area contributed by atoms with E-state index in [9.17, 15) is 5.11 Å². The number of hydrogen-bond acceptors (Lipinski definition) is 3. The van der Waals surface area contributed by atoms with Crippen LogP contribution in [-0.2, 0) is 4.74 Å². The number of benzene rings is 1. The van der Waals surface area contributed by atoms with Crippen LogP contribution in [0.25, 0.3) is 0 Å². The molecule has 2 rings (SSSR count). The average Bonchev–Trinajstić information content (AvgIpc) is 2.16. The van der Waals surface area contributed by atoms with E-state index in [1.54, 1.807) is 6.07 Å². The van der Waals surface area contributed by atoms with Crippen LogP contribution in [0.15, 0.2) is 24.3 Å². The third-order valence-corrected chi connectivity index (χ3v) is 2.64. The third kappa shape index (κ3) is 2.23. The Morgan fingerprint density at radius 3 is 2.40 bits per heavy atom. The summed E-state index contributed by atoms with van der Waals surface area (Å²) in [5, 5.41) is 9.75. The number of anilines is 1. The molecule has 2 unspecified atom stereocenters. The molecule has 1 N–H and O–H groups in total. The van der Waals surface area contributed by atoms with Crippen molar-refractivity contribution in [1.82, 2.24) is 0 Å². The van der Waals surface area contributed by atoms with Crippen molar-refractivity contribution < 1.29 is 9.84 Å². The van der Waals surface area contributed by atoms with E-state index in [1.807, 2.05) is 18.2 Å². The first-order chi connectivity index (χ1) is 7.16. The lowest BCUT2D eigenvalue weighted by molar-refractivity contribution is -0.00531. The van der Waals surface area contributed by atoms with Gasteiger partial charge in [-0.15, -0.1) is 0 Å². The molecule has 15 heavy (non-hydrogen) atoms. The lowest BCUT2D eigenvalue weighted by Crippen LogP contribution is -2.45. The fourth-order valence-corrected chi connectivity index (χ4v) is 2.11. The largest absolute Gasteiger partial charge is 0.506 e. The van der Waals surface area contributed by atoms with Gasteiger partial charge in [0.1, 0.15) is 5.75 Å². The molecule has 1 heterocycles. The van der Waals surface area contributed by atoms with Gasteiger partial charge in [-0.05, 0) is 26.0 Å². The molecule has 0 saturated carbocycles. The quantitative estimate of drug-likeness (QED) is 0.764. The van der Waals surface area contributed by atoms with Gasteiger partial charge in [-0.2, -0.15) is 0 Å². The molecule has 82 valence electrons. The van der Waals surface area contributed by atoms with Gasteiger partial charge in [0, 0.05) is 13.1 Å². The molecule has 3 heteroatoms. The maximum atomic E-state index is 9.75. The van der Waals surface area contributed by atoms with Crippen LogP contribution in [0, 0.1) is 0 Å². The molecular weight excluding hydrogens is 190 g/mol. The molecule has 0 spiro atoms. The highest BCUT2D eigenvalue weighted by Gasteiger charge is 2.23. The SMILES string of the molecule is CC1CN(c2ccccc2O)CC(C)O1. The minimum atomic E-state index is 0.216. The van der Waals surface area contributed by atoms with E-state index in [0.717, 1.165) is 18.8 Å². The molecule has 0 bridgehead atoms. The van der Waals surface area contributed by atoms with Gasteiger partial charge in [-0.3, -0.25) is 0 Å². The highest BCUT2D eigenvalue weighted by Crippen LogP contribution is 2.28. The van der Waals surface area contributed by atoms with Crippen LogP contribution in [0.2, 0.25) is 0 Å². The maximum Gasteiger partial charge on any atom is 0.138 e. The number of nitrogens with zero attached hydrogens (tertiary/aromatic N) is 1. The van der Waals surface area contributed by atoms with E-state index < -0.39 is 0 Å². The molecule has 3 nitrogen and oxygen atoms in total. The standard InChI is InChI=1S/C12H17NO2/c1-9-7-13(8-10(2)15-9)11-5-3-4-6-12(11)14/h3-6,9-10,14H,7-8H2,1-2H3. The van der Waals surface area contributed by atoms with Crippen LogP contribution in [0.4, 0.5) is 5.69 Å². The Labute approximate surface area is 90.3 Å². The van der Waals surface area contributed by atoms with Crippen LogP contribution in [0.3, 0.4) is 0 Å². The fraction of sp³-hybridized carbons (Fsp3) is 0.500. The molecule has 0 radical (unpaired) electrons. The number of aromatic hydroxyl groups is 1. The van der Waals surface area contributed by atoms with Gasteiger partial charge in [0.15, 0.2) is 0 Å². The van der Waals surface area contributed by atoms with Crippen LogP contribution in [0.5, 0.6) is 5.75 Å². The minimum Gasteiger partial charge on any atom is -0.506 e. The lowest BCUT2D eigenvalue weighted by atomic mass is 10.2. The van der Waals surface area contributed by atoms with Crippen molar-refractivity contribution in [3.8, 4) is 5.75 Å². The second-order valence-electron chi connectivity index (χ2n) is 4.15. The molecule has 0 aliphatic carbocycles. The van der Waals surface area contributed by atoms with E-state index in [1.165, 1.54) is 0 Å². The molecule has 1 aliphatic rings. The average molecular weight is 207 g/mol. The van der Waals surface area contributed by atoms with Crippen molar-refractivity contribution in [2.45, 2.75) is 26.1 Å². The summed E-state index contributed by atoms with van der Waals surface area (Å²) in [7, 11) is 0. The summed E-state index contributed by atoms with van der Waals surface area (Å²) < 4.78 is 5.65. The van der Waals surface area contributed by atoms with Crippen LogP contribution < -0.4 is 4.90 Å². The second-order valence-corrected chi connectivity index (χ2v) is 4.15. The van der Waals surface area contributed by atoms with E-state index >= 15 is 0 Å². The number of para-hydroxylation sites is 2. The van der Waals surface area contributed by atoms with Gasteiger partial charge in [-0.1, -0.05) is 12.1 Å². The predicted octanol–water partition coefficient (Wildman–Crippen LogP) is 2.01. The highest BCUT2D eigenvalue weighted by atomic mass is 16.5. The molecule has 1 aromatic rings.